The van der Waals surface area contributed by atoms with E-state index in [2.05, 4.69) is 14.9 Å². The van der Waals surface area contributed by atoms with Crippen LogP contribution in [-0.2, 0) is 27.5 Å². The van der Waals surface area contributed by atoms with Gasteiger partial charge in [0.15, 0.2) is 0 Å². The number of sulfonamides is 1. The van der Waals surface area contributed by atoms with Crippen molar-refractivity contribution in [2.45, 2.75) is 57.9 Å². The minimum absolute atomic E-state index is 0.0602. The fourth-order valence-corrected chi connectivity index (χ4v) is 5.71. The summed E-state index contributed by atoms with van der Waals surface area (Å²) in [4.78, 5) is 15.0. The Bertz CT molecular complexity index is 920. The molecule has 0 spiro atoms. The summed E-state index contributed by atoms with van der Waals surface area (Å²) >= 11 is 0. The first kappa shape index (κ1) is 25.0. The van der Waals surface area contributed by atoms with E-state index in [0.29, 0.717) is 31.0 Å². The van der Waals surface area contributed by atoms with Crippen molar-refractivity contribution in [2.75, 3.05) is 19.3 Å². The quantitative estimate of drug-likeness (QED) is 0.606. The lowest BCUT2D eigenvalue weighted by Crippen LogP contribution is -2.51. The second-order valence-electron chi connectivity index (χ2n) is 9.58. The van der Waals surface area contributed by atoms with E-state index in [1.165, 1.54) is 12.1 Å². The maximum absolute atomic E-state index is 13.0. The minimum Gasteiger partial charge on any atom is -0.352 e. The molecule has 1 heterocycles. The van der Waals surface area contributed by atoms with Crippen molar-refractivity contribution in [1.29, 1.82) is 0 Å². The maximum atomic E-state index is 13.0. The predicted octanol–water partition coefficient (Wildman–Crippen LogP) is 3.00. The Balaban J connectivity index is 1.61. The lowest BCUT2D eigenvalue weighted by atomic mass is 9.97. The number of hydrogen-bond acceptors (Lipinski definition) is 4. The van der Waals surface area contributed by atoms with E-state index in [0.717, 1.165) is 31.7 Å². The Morgan fingerprint density at radius 1 is 1.22 bits per heavy atom. The first-order valence-corrected chi connectivity index (χ1v) is 12.9. The standard InChI is InChI=1S/C22H32F3N3O3S/c1-14(2)9-20(27-32(3,30)31)21(29)26-19-8-7-16-12-28(13-18(16)19)11-15-5-4-6-17(10-15)22(23,24)25/h4-6,10,14,16,18-20,27H,7-9,11-13H2,1-3H3,(H,26,29)/t16-,18+,19+,20+/m0/s1. The summed E-state index contributed by atoms with van der Waals surface area (Å²) in [6.07, 6.45) is -1.16. The monoisotopic (exact) mass is 475 g/mol. The molecule has 1 aliphatic carbocycles. The number of nitrogens with one attached hydrogen (secondary N) is 2. The first-order valence-electron chi connectivity index (χ1n) is 11.0. The van der Waals surface area contributed by atoms with E-state index in [1.54, 1.807) is 6.07 Å². The molecule has 0 radical (unpaired) electrons. The van der Waals surface area contributed by atoms with Crippen molar-refractivity contribution in [2.24, 2.45) is 17.8 Å². The van der Waals surface area contributed by atoms with Gasteiger partial charge in [-0.2, -0.15) is 13.2 Å². The largest absolute Gasteiger partial charge is 0.416 e. The van der Waals surface area contributed by atoms with Crippen LogP contribution in [0.4, 0.5) is 13.2 Å². The van der Waals surface area contributed by atoms with Crippen LogP contribution in [0.5, 0.6) is 0 Å². The van der Waals surface area contributed by atoms with Crippen LogP contribution >= 0.6 is 0 Å². The number of carbonyl (C=O) groups excluding carboxylic acids is 1. The van der Waals surface area contributed by atoms with Gasteiger partial charge in [0.2, 0.25) is 15.9 Å². The molecular weight excluding hydrogens is 443 g/mol. The molecule has 0 aromatic heterocycles. The predicted molar refractivity (Wildman–Crippen MR) is 116 cm³/mol. The van der Waals surface area contributed by atoms with Crippen LogP contribution in [0, 0.1) is 17.8 Å². The third-order valence-corrected chi connectivity index (χ3v) is 7.01. The van der Waals surface area contributed by atoms with Crippen molar-refractivity contribution in [1.82, 2.24) is 14.9 Å². The Labute approximate surface area is 188 Å². The fraction of sp³-hybridized carbons (Fsp3) is 0.682. The smallest absolute Gasteiger partial charge is 0.352 e. The van der Waals surface area contributed by atoms with E-state index in [4.69, 9.17) is 0 Å². The van der Waals surface area contributed by atoms with Crippen molar-refractivity contribution in [3.05, 3.63) is 35.4 Å². The third-order valence-electron chi connectivity index (χ3n) is 6.30. The molecule has 180 valence electrons. The van der Waals surface area contributed by atoms with Crippen LogP contribution in [-0.4, -0.2) is 50.7 Å². The summed E-state index contributed by atoms with van der Waals surface area (Å²) in [7, 11) is -3.52. The molecule has 1 amide bonds. The van der Waals surface area contributed by atoms with Gasteiger partial charge in [-0.3, -0.25) is 9.69 Å². The molecule has 10 heteroatoms. The molecular formula is C22H32F3N3O3S. The highest BCUT2D eigenvalue weighted by atomic mass is 32.2. The third kappa shape index (κ3) is 6.68. The summed E-state index contributed by atoms with van der Waals surface area (Å²) in [5.41, 5.74) is -0.0242. The molecule has 0 bridgehead atoms. The molecule has 3 rings (SSSR count). The van der Waals surface area contributed by atoms with Crippen LogP contribution < -0.4 is 10.0 Å². The molecule has 2 aliphatic rings. The summed E-state index contributed by atoms with van der Waals surface area (Å²) in [5.74, 6) is 0.414. The Hall–Kier alpha value is -1.65. The maximum Gasteiger partial charge on any atom is 0.416 e. The van der Waals surface area contributed by atoms with E-state index < -0.39 is 27.8 Å². The highest BCUT2D eigenvalue weighted by Crippen LogP contribution is 2.39. The molecule has 32 heavy (non-hydrogen) atoms. The van der Waals surface area contributed by atoms with Crippen LogP contribution in [0.25, 0.3) is 0 Å². The van der Waals surface area contributed by atoms with Gasteiger partial charge in [-0.05, 0) is 48.6 Å². The average molecular weight is 476 g/mol. The van der Waals surface area contributed by atoms with Gasteiger partial charge in [-0.1, -0.05) is 32.0 Å². The molecule has 6 nitrogen and oxygen atoms in total. The number of nitrogens with zero attached hydrogens (tertiary/aromatic N) is 1. The average Bonchev–Trinajstić information content (AvgIpc) is 3.20. The van der Waals surface area contributed by atoms with Gasteiger partial charge in [0.05, 0.1) is 11.8 Å². The van der Waals surface area contributed by atoms with Crippen LogP contribution in [0.1, 0.15) is 44.2 Å². The number of rotatable bonds is 8. The Morgan fingerprint density at radius 3 is 2.56 bits per heavy atom. The van der Waals surface area contributed by atoms with Crippen LogP contribution in [0.2, 0.25) is 0 Å². The van der Waals surface area contributed by atoms with E-state index in [-0.39, 0.29) is 23.8 Å². The Morgan fingerprint density at radius 2 is 1.94 bits per heavy atom. The number of benzene rings is 1. The highest BCUT2D eigenvalue weighted by Gasteiger charge is 2.43. The van der Waals surface area contributed by atoms with Crippen molar-refractivity contribution < 1.29 is 26.4 Å². The van der Waals surface area contributed by atoms with Gasteiger partial charge in [0, 0.05) is 25.7 Å². The Kier molecular flexibility index (Phi) is 7.56. The number of fused-ring (bicyclic) bond motifs is 1. The summed E-state index contributed by atoms with van der Waals surface area (Å²) in [5, 5.41) is 3.05. The molecule has 1 saturated heterocycles. The normalized spacial score (nSPS) is 25.2. The minimum atomic E-state index is -4.36. The van der Waals surface area contributed by atoms with E-state index >= 15 is 0 Å². The lowest BCUT2D eigenvalue weighted by molar-refractivity contribution is -0.137. The highest BCUT2D eigenvalue weighted by molar-refractivity contribution is 7.88. The second kappa shape index (κ2) is 9.69. The molecule has 1 aliphatic heterocycles. The molecule has 1 aromatic carbocycles. The molecule has 4 atom stereocenters. The summed E-state index contributed by atoms with van der Waals surface area (Å²) in [6, 6.07) is 4.53. The number of likely N-dealkylation sites (tertiary alicyclic amines) is 1. The first-order chi connectivity index (χ1) is 14.8. The fourth-order valence-electron chi connectivity index (χ4n) is 4.99. The van der Waals surface area contributed by atoms with Crippen molar-refractivity contribution in [3.8, 4) is 0 Å². The molecule has 2 fully saturated rings. The van der Waals surface area contributed by atoms with E-state index in [1.807, 2.05) is 13.8 Å². The number of halogens is 3. The zero-order chi connectivity index (χ0) is 23.7. The SMILES string of the molecule is CC(C)C[C@@H](NS(C)(=O)=O)C(=O)N[C@@H]1CC[C@H]2CN(Cc3cccc(C(F)(F)F)c3)C[C@H]21. The van der Waals surface area contributed by atoms with Gasteiger partial charge in [-0.25, -0.2) is 13.1 Å². The van der Waals surface area contributed by atoms with Crippen molar-refractivity contribution >= 4 is 15.9 Å². The van der Waals surface area contributed by atoms with Gasteiger partial charge in [0.25, 0.3) is 0 Å². The van der Waals surface area contributed by atoms with Crippen LogP contribution in [0.15, 0.2) is 24.3 Å². The zero-order valence-corrected chi connectivity index (χ0v) is 19.5. The van der Waals surface area contributed by atoms with Crippen LogP contribution in [0.3, 0.4) is 0 Å². The summed E-state index contributed by atoms with van der Waals surface area (Å²) in [6.45, 7) is 5.77. The van der Waals surface area contributed by atoms with Gasteiger partial charge in [-0.15, -0.1) is 0 Å². The zero-order valence-electron chi connectivity index (χ0n) is 18.7. The summed E-state index contributed by atoms with van der Waals surface area (Å²) < 4.78 is 64.8. The number of carbonyl (C=O) groups is 1. The van der Waals surface area contributed by atoms with Gasteiger partial charge in [0.1, 0.15) is 6.04 Å². The molecule has 2 N–H and O–H groups in total. The van der Waals surface area contributed by atoms with Gasteiger partial charge >= 0.3 is 6.18 Å². The number of amides is 1. The van der Waals surface area contributed by atoms with E-state index in [9.17, 15) is 26.4 Å². The van der Waals surface area contributed by atoms with Gasteiger partial charge < -0.3 is 5.32 Å². The second-order valence-corrected chi connectivity index (χ2v) is 11.4. The number of alkyl halides is 3. The lowest BCUT2D eigenvalue weighted by Gasteiger charge is -2.25. The molecule has 0 unspecified atom stereocenters. The van der Waals surface area contributed by atoms with Crippen molar-refractivity contribution in [3.63, 3.8) is 0 Å². The topological polar surface area (TPSA) is 78.5 Å². The number of hydrogen-bond donors (Lipinski definition) is 2. The molecule has 1 aromatic rings. The molecule has 1 saturated carbocycles.